The van der Waals surface area contributed by atoms with Gasteiger partial charge in [-0.25, -0.2) is 15.0 Å². The minimum Gasteiger partial charge on any atom is -0.273 e. The van der Waals surface area contributed by atoms with Crippen molar-refractivity contribution in [3.63, 3.8) is 0 Å². The van der Waals surface area contributed by atoms with Gasteiger partial charge in [0.15, 0.2) is 5.16 Å². The first-order valence-electron chi connectivity index (χ1n) is 6.41. The molecule has 1 amide bonds. The van der Waals surface area contributed by atoms with E-state index in [1.807, 2.05) is 18.2 Å². The van der Waals surface area contributed by atoms with Crippen LogP contribution in [0, 0.1) is 0 Å². The van der Waals surface area contributed by atoms with Crippen LogP contribution in [-0.4, -0.2) is 44.4 Å². The topological polar surface area (TPSA) is 71.3 Å². The molecule has 106 valence electrons. The third kappa shape index (κ3) is 3.25. The molecule has 0 aliphatic carbocycles. The van der Waals surface area contributed by atoms with Gasteiger partial charge in [0.05, 0.1) is 17.8 Å². The number of hydrogen-bond acceptors (Lipinski definition) is 6. The van der Waals surface area contributed by atoms with Gasteiger partial charge in [0.2, 0.25) is 5.91 Å². The van der Waals surface area contributed by atoms with Crippen molar-refractivity contribution in [1.29, 1.82) is 0 Å². The van der Waals surface area contributed by atoms with Crippen LogP contribution in [0.5, 0.6) is 0 Å². The standard InChI is InChI=1S/C14H13N5OS/c1-19-13(20)7-11(18-19)9-21-14-16-6-4-12(17-14)10-3-2-5-15-8-10/h2-6,8H,7,9H2,1H3. The molecular formula is C14H13N5OS. The predicted molar refractivity (Wildman–Crippen MR) is 80.8 cm³/mol. The number of hydrazone groups is 1. The van der Waals surface area contributed by atoms with E-state index in [1.54, 1.807) is 25.6 Å². The molecule has 0 N–H and O–H groups in total. The van der Waals surface area contributed by atoms with E-state index >= 15 is 0 Å². The maximum Gasteiger partial charge on any atom is 0.248 e. The van der Waals surface area contributed by atoms with E-state index in [-0.39, 0.29) is 5.91 Å². The minimum atomic E-state index is 0.0237. The van der Waals surface area contributed by atoms with Gasteiger partial charge in [-0.05, 0) is 18.2 Å². The Bertz CT molecular complexity index is 689. The first-order valence-corrected chi connectivity index (χ1v) is 7.40. The van der Waals surface area contributed by atoms with E-state index in [0.29, 0.717) is 17.3 Å². The summed E-state index contributed by atoms with van der Waals surface area (Å²) in [4.78, 5) is 24.2. The van der Waals surface area contributed by atoms with Gasteiger partial charge >= 0.3 is 0 Å². The molecule has 6 nitrogen and oxygen atoms in total. The van der Waals surface area contributed by atoms with Gasteiger partial charge in [0.25, 0.3) is 0 Å². The Balaban J connectivity index is 1.70. The maximum absolute atomic E-state index is 11.4. The highest BCUT2D eigenvalue weighted by atomic mass is 32.2. The minimum absolute atomic E-state index is 0.0237. The second-order valence-electron chi connectivity index (χ2n) is 4.52. The lowest BCUT2D eigenvalue weighted by atomic mass is 10.2. The molecule has 0 saturated heterocycles. The van der Waals surface area contributed by atoms with E-state index in [0.717, 1.165) is 17.0 Å². The highest BCUT2D eigenvalue weighted by Crippen LogP contribution is 2.20. The zero-order valence-corrected chi connectivity index (χ0v) is 12.2. The van der Waals surface area contributed by atoms with Crippen molar-refractivity contribution >= 4 is 23.4 Å². The van der Waals surface area contributed by atoms with E-state index in [4.69, 9.17) is 0 Å². The fourth-order valence-electron chi connectivity index (χ4n) is 1.91. The summed E-state index contributed by atoms with van der Waals surface area (Å²) >= 11 is 1.48. The molecule has 7 heteroatoms. The van der Waals surface area contributed by atoms with Crippen LogP contribution in [-0.2, 0) is 4.79 Å². The number of nitrogens with zero attached hydrogens (tertiary/aromatic N) is 5. The highest BCUT2D eigenvalue weighted by Gasteiger charge is 2.20. The largest absolute Gasteiger partial charge is 0.273 e. The molecule has 21 heavy (non-hydrogen) atoms. The summed E-state index contributed by atoms with van der Waals surface area (Å²) in [6, 6.07) is 5.68. The molecule has 0 spiro atoms. The maximum atomic E-state index is 11.4. The number of pyridine rings is 1. The van der Waals surface area contributed by atoms with Crippen LogP contribution < -0.4 is 0 Å². The summed E-state index contributed by atoms with van der Waals surface area (Å²) in [5, 5.41) is 6.22. The Kier molecular flexibility index (Phi) is 3.92. The van der Waals surface area contributed by atoms with Crippen LogP contribution >= 0.6 is 11.8 Å². The van der Waals surface area contributed by atoms with Gasteiger partial charge in [-0.3, -0.25) is 9.78 Å². The normalized spacial score (nSPS) is 14.4. The number of amides is 1. The number of rotatable bonds is 4. The molecule has 0 bridgehead atoms. The fraction of sp³-hybridized carbons (Fsp3) is 0.214. The van der Waals surface area contributed by atoms with Crippen LogP contribution in [0.15, 0.2) is 47.0 Å². The smallest absolute Gasteiger partial charge is 0.248 e. The SMILES string of the molecule is CN1N=C(CSc2nccc(-c3cccnc3)n2)CC1=O. The number of thioether (sulfide) groups is 1. The van der Waals surface area contributed by atoms with Crippen molar-refractivity contribution in [2.75, 3.05) is 12.8 Å². The molecule has 0 atom stereocenters. The Morgan fingerprint density at radius 2 is 2.24 bits per heavy atom. The highest BCUT2D eigenvalue weighted by molar-refractivity contribution is 7.99. The number of carbonyl (C=O) groups is 1. The molecule has 1 aliphatic rings. The molecule has 0 unspecified atom stereocenters. The van der Waals surface area contributed by atoms with Crippen LogP contribution in [0.2, 0.25) is 0 Å². The Morgan fingerprint density at radius 1 is 1.33 bits per heavy atom. The van der Waals surface area contributed by atoms with E-state index < -0.39 is 0 Å². The number of aromatic nitrogens is 3. The van der Waals surface area contributed by atoms with Gasteiger partial charge in [-0.2, -0.15) is 5.10 Å². The Hall–Kier alpha value is -2.28. The molecule has 3 rings (SSSR count). The Labute approximate surface area is 126 Å². The molecule has 0 fully saturated rings. The van der Waals surface area contributed by atoms with Crippen molar-refractivity contribution in [2.24, 2.45) is 5.10 Å². The summed E-state index contributed by atoms with van der Waals surface area (Å²) in [7, 11) is 1.67. The lowest BCUT2D eigenvalue weighted by Gasteiger charge is -2.03. The summed E-state index contributed by atoms with van der Waals surface area (Å²) < 4.78 is 0. The van der Waals surface area contributed by atoms with Crippen molar-refractivity contribution in [1.82, 2.24) is 20.0 Å². The summed E-state index contributed by atoms with van der Waals surface area (Å²) in [6.07, 6.45) is 5.61. The molecule has 2 aromatic heterocycles. The molecule has 0 radical (unpaired) electrons. The third-order valence-electron chi connectivity index (χ3n) is 2.97. The molecule has 1 aliphatic heterocycles. The zero-order chi connectivity index (χ0) is 14.7. The molecule has 3 heterocycles. The number of carbonyl (C=O) groups excluding carboxylic acids is 1. The lowest BCUT2D eigenvalue weighted by molar-refractivity contribution is -0.127. The average Bonchev–Trinajstić information content (AvgIpc) is 2.85. The molecule has 2 aromatic rings. The molecule has 0 saturated carbocycles. The predicted octanol–water partition coefficient (Wildman–Crippen LogP) is 1.85. The molecular weight excluding hydrogens is 286 g/mol. The van der Waals surface area contributed by atoms with E-state index in [2.05, 4.69) is 20.1 Å². The van der Waals surface area contributed by atoms with Crippen LogP contribution in [0.3, 0.4) is 0 Å². The second-order valence-corrected chi connectivity index (χ2v) is 5.46. The third-order valence-corrected chi connectivity index (χ3v) is 3.90. The summed E-state index contributed by atoms with van der Waals surface area (Å²) in [5.41, 5.74) is 2.64. The van der Waals surface area contributed by atoms with Crippen molar-refractivity contribution in [3.8, 4) is 11.3 Å². The van der Waals surface area contributed by atoms with E-state index in [1.165, 1.54) is 16.8 Å². The quantitative estimate of drug-likeness (QED) is 0.636. The van der Waals surface area contributed by atoms with Gasteiger partial charge in [0, 0.05) is 37.0 Å². The number of hydrogen-bond donors (Lipinski definition) is 0. The monoisotopic (exact) mass is 299 g/mol. The first-order chi connectivity index (χ1) is 10.2. The Morgan fingerprint density at radius 3 is 2.95 bits per heavy atom. The first kappa shape index (κ1) is 13.7. The van der Waals surface area contributed by atoms with Gasteiger partial charge < -0.3 is 0 Å². The van der Waals surface area contributed by atoms with Gasteiger partial charge in [-0.15, -0.1) is 0 Å². The average molecular weight is 299 g/mol. The van der Waals surface area contributed by atoms with Crippen molar-refractivity contribution in [2.45, 2.75) is 11.6 Å². The van der Waals surface area contributed by atoms with Crippen molar-refractivity contribution in [3.05, 3.63) is 36.8 Å². The van der Waals surface area contributed by atoms with Crippen molar-refractivity contribution < 1.29 is 4.79 Å². The lowest BCUT2D eigenvalue weighted by Crippen LogP contribution is -2.14. The second kappa shape index (κ2) is 6.01. The zero-order valence-electron chi connectivity index (χ0n) is 11.4. The summed E-state index contributed by atoms with van der Waals surface area (Å²) in [5.74, 6) is 0.641. The van der Waals surface area contributed by atoms with Crippen LogP contribution in [0.4, 0.5) is 0 Å². The fourth-order valence-corrected chi connectivity index (χ4v) is 2.66. The van der Waals surface area contributed by atoms with Crippen LogP contribution in [0.1, 0.15) is 6.42 Å². The van der Waals surface area contributed by atoms with E-state index in [9.17, 15) is 4.79 Å². The van der Waals surface area contributed by atoms with Gasteiger partial charge in [0.1, 0.15) is 0 Å². The molecule has 0 aromatic carbocycles. The van der Waals surface area contributed by atoms with Gasteiger partial charge in [-0.1, -0.05) is 11.8 Å². The summed E-state index contributed by atoms with van der Waals surface area (Å²) in [6.45, 7) is 0. The van der Waals surface area contributed by atoms with Crippen LogP contribution in [0.25, 0.3) is 11.3 Å².